The van der Waals surface area contributed by atoms with Crippen molar-refractivity contribution in [2.24, 2.45) is 0 Å². The molecule has 14 heavy (non-hydrogen) atoms. The van der Waals surface area contributed by atoms with Gasteiger partial charge >= 0.3 is 0 Å². The molecule has 0 saturated heterocycles. The summed E-state index contributed by atoms with van der Waals surface area (Å²) in [6.07, 6.45) is 3.81. The van der Waals surface area contributed by atoms with Crippen molar-refractivity contribution in [2.75, 3.05) is 19.5 Å². The van der Waals surface area contributed by atoms with Crippen molar-refractivity contribution in [3.05, 3.63) is 24.0 Å². The van der Waals surface area contributed by atoms with Crippen LogP contribution in [0.3, 0.4) is 0 Å². The molecule has 78 valence electrons. The third kappa shape index (κ3) is 3.00. The second-order valence-electron chi connectivity index (χ2n) is 3.40. The van der Waals surface area contributed by atoms with E-state index in [0.29, 0.717) is 5.92 Å². The highest BCUT2D eigenvalue weighted by atomic mass is 16.5. The molecule has 0 fully saturated rings. The third-order valence-electron chi connectivity index (χ3n) is 2.39. The van der Waals surface area contributed by atoms with Gasteiger partial charge in [-0.05, 0) is 25.0 Å². The number of anilines is 1. The molecule has 1 rings (SSSR count). The largest absolute Gasteiger partial charge is 0.397 e. The number of nitrogens with zero attached hydrogens (tertiary/aromatic N) is 1. The Morgan fingerprint density at radius 2 is 2.29 bits per heavy atom. The number of ether oxygens (including phenoxy) is 1. The van der Waals surface area contributed by atoms with Crippen LogP contribution in [0.25, 0.3) is 0 Å². The molecule has 0 amide bonds. The fourth-order valence-corrected chi connectivity index (χ4v) is 1.48. The third-order valence-corrected chi connectivity index (χ3v) is 2.39. The predicted molar refractivity (Wildman–Crippen MR) is 58.2 cm³/mol. The van der Waals surface area contributed by atoms with Crippen LogP contribution in [-0.2, 0) is 4.74 Å². The molecule has 3 heteroatoms. The maximum Gasteiger partial charge on any atom is 0.0501 e. The van der Waals surface area contributed by atoms with Gasteiger partial charge in [0, 0.05) is 25.3 Å². The molecule has 0 aliphatic rings. The van der Waals surface area contributed by atoms with Gasteiger partial charge in [-0.2, -0.15) is 0 Å². The van der Waals surface area contributed by atoms with Crippen molar-refractivity contribution in [1.29, 1.82) is 0 Å². The average molecular weight is 194 g/mol. The number of methoxy groups -OCH3 is 1. The Labute approximate surface area is 85.3 Å². The fourth-order valence-electron chi connectivity index (χ4n) is 1.48. The van der Waals surface area contributed by atoms with Crippen LogP contribution >= 0.6 is 0 Å². The molecule has 0 aliphatic heterocycles. The van der Waals surface area contributed by atoms with Crippen molar-refractivity contribution in [3.63, 3.8) is 0 Å². The summed E-state index contributed by atoms with van der Waals surface area (Å²) in [6.45, 7) is 2.95. The van der Waals surface area contributed by atoms with E-state index in [9.17, 15) is 0 Å². The van der Waals surface area contributed by atoms with Gasteiger partial charge in [0.2, 0.25) is 0 Å². The highest BCUT2D eigenvalue weighted by molar-refractivity contribution is 5.35. The first-order chi connectivity index (χ1) is 6.77. The Morgan fingerprint density at radius 1 is 1.50 bits per heavy atom. The van der Waals surface area contributed by atoms with Crippen molar-refractivity contribution in [3.8, 4) is 0 Å². The van der Waals surface area contributed by atoms with Gasteiger partial charge in [-0.3, -0.25) is 4.98 Å². The van der Waals surface area contributed by atoms with Crippen molar-refractivity contribution in [1.82, 2.24) is 4.98 Å². The highest BCUT2D eigenvalue weighted by Gasteiger charge is 2.09. The molecule has 0 aromatic carbocycles. The molecular formula is C11H18N2O. The van der Waals surface area contributed by atoms with Gasteiger partial charge in [-0.25, -0.2) is 0 Å². The van der Waals surface area contributed by atoms with E-state index < -0.39 is 0 Å². The number of nitrogen functional groups attached to an aromatic ring is 1. The van der Waals surface area contributed by atoms with Crippen LogP contribution < -0.4 is 5.73 Å². The van der Waals surface area contributed by atoms with Crippen LogP contribution in [0.5, 0.6) is 0 Å². The summed E-state index contributed by atoms with van der Waals surface area (Å²) in [5, 5.41) is 0. The SMILES string of the molecule is CCC(CCOC)c1ccc(N)cn1. The molecule has 1 aromatic heterocycles. The monoisotopic (exact) mass is 194 g/mol. The summed E-state index contributed by atoms with van der Waals surface area (Å²) >= 11 is 0. The number of aromatic nitrogens is 1. The molecule has 1 heterocycles. The first-order valence-electron chi connectivity index (χ1n) is 4.98. The summed E-state index contributed by atoms with van der Waals surface area (Å²) in [5.41, 5.74) is 7.41. The fraction of sp³-hybridized carbons (Fsp3) is 0.545. The lowest BCUT2D eigenvalue weighted by Crippen LogP contribution is -2.04. The molecule has 2 N–H and O–H groups in total. The summed E-state index contributed by atoms with van der Waals surface area (Å²) in [4.78, 5) is 4.32. The van der Waals surface area contributed by atoms with Gasteiger partial charge in [-0.15, -0.1) is 0 Å². The van der Waals surface area contributed by atoms with Gasteiger partial charge in [0.15, 0.2) is 0 Å². The van der Waals surface area contributed by atoms with E-state index in [1.807, 2.05) is 12.1 Å². The van der Waals surface area contributed by atoms with Crippen LogP contribution in [0.15, 0.2) is 18.3 Å². The van der Waals surface area contributed by atoms with Gasteiger partial charge in [-0.1, -0.05) is 6.92 Å². The maximum absolute atomic E-state index is 5.58. The van der Waals surface area contributed by atoms with Crippen LogP contribution in [0.1, 0.15) is 31.4 Å². The number of nitrogens with two attached hydrogens (primary N) is 1. The van der Waals surface area contributed by atoms with E-state index in [1.54, 1.807) is 13.3 Å². The quantitative estimate of drug-likeness (QED) is 0.781. The molecule has 3 nitrogen and oxygen atoms in total. The Hall–Kier alpha value is -1.09. The molecular weight excluding hydrogens is 176 g/mol. The zero-order valence-electron chi connectivity index (χ0n) is 8.86. The first kappa shape index (κ1) is 11.0. The molecule has 1 unspecified atom stereocenters. The topological polar surface area (TPSA) is 48.1 Å². The smallest absolute Gasteiger partial charge is 0.0501 e. The van der Waals surface area contributed by atoms with E-state index in [0.717, 1.165) is 30.8 Å². The Balaban J connectivity index is 2.64. The molecule has 0 spiro atoms. The molecule has 1 atom stereocenters. The predicted octanol–water partition coefficient (Wildman–Crippen LogP) is 2.19. The lowest BCUT2D eigenvalue weighted by molar-refractivity contribution is 0.186. The second-order valence-corrected chi connectivity index (χ2v) is 3.40. The van der Waals surface area contributed by atoms with Gasteiger partial charge in [0.05, 0.1) is 11.9 Å². The maximum atomic E-state index is 5.58. The second kappa shape index (κ2) is 5.60. The van der Waals surface area contributed by atoms with Crippen molar-refractivity contribution >= 4 is 5.69 Å². The summed E-state index contributed by atoms with van der Waals surface area (Å²) in [6, 6.07) is 3.90. The van der Waals surface area contributed by atoms with E-state index in [2.05, 4.69) is 11.9 Å². The normalized spacial score (nSPS) is 12.7. The summed E-state index contributed by atoms with van der Waals surface area (Å²) in [5.74, 6) is 0.482. The molecule has 1 aromatic rings. The van der Waals surface area contributed by atoms with E-state index in [-0.39, 0.29) is 0 Å². The van der Waals surface area contributed by atoms with Crippen LogP contribution in [0.2, 0.25) is 0 Å². The van der Waals surface area contributed by atoms with Crippen molar-refractivity contribution < 1.29 is 4.74 Å². The van der Waals surface area contributed by atoms with E-state index in [4.69, 9.17) is 10.5 Å². The zero-order valence-corrected chi connectivity index (χ0v) is 8.86. The lowest BCUT2D eigenvalue weighted by atomic mass is 9.98. The van der Waals surface area contributed by atoms with E-state index in [1.165, 1.54) is 0 Å². The molecule has 0 radical (unpaired) electrons. The van der Waals surface area contributed by atoms with Crippen molar-refractivity contribution in [2.45, 2.75) is 25.7 Å². The molecule has 0 saturated carbocycles. The average Bonchev–Trinajstić information content (AvgIpc) is 2.21. The lowest BCUT2D eigenvalue weighted by Gasteiger charge is -2.13. The summed E-state index contributed by atoms with van der Waals surface area (Å²) < 4.78 is 5.07. The Kier molecular flexibility index (Phi) is 4.40. The minimum atomic E-state index is 0.482. The number of hydrogen-bond donors (Lipinski definition) is 1. The number of rotatable bonds is 5. The standard InChI is InChI=1S/C11H18N2O/c1-3-9(6-7-14-2)11-5-4-10(12)8-13-11/h4-5,8-9H,3,6-7,12H2,1-2H3. The van der Waals surface area contributed by atoms with Gasteiger partial charge in [0.25, 0.3) is 0 Å². The van der Waals surface area contributed by atoms with Gasteiger partial charge in [0.1, 0.15) is 0 Å². The Morgan fingerprint density at radius 3 is 2.79 bits per heavy atom. The first-order valence-corrected chi connectivity index (χ1v) is 4.98. The Bertz CT molecular complexity index is 258. The number of pyridine rings is 1. The number of hydrogen-bond acceptors (Lipinski definition) is 3. The minimum absolute atomic E-state index is 0.482. The summed E-state index contributed by atoms with van der Waals surface area (Å²) in [7, 11) is 1.73. The highest BCUT2D eigenvalue weighted by Crippen LogP contribution is 2.21. The molecule has 0 bridgehead atoms. The van der Waals surface area contributed by atoms with Crippen LogP contribution in [0, 0.1) is 0 Å². The van der Waals surface area contributed by atoms with Crippen LogP contribution in [0.4, 0.5) is 5.69 Å². The van der Waals surface area contributed by atoms with E-state index >= 15 is 0 Å². The minimum Gasteiger partial charge on any atom is -0.397 e. The van der Waals surface area contributed by atoms with Crippen LogP contribution in [-0.4, -0.2) is 18.7 Å². The van der Waals surface area contributed by atoms with Gasteiger partial charge < -0.3 is 10.5 Å². The molecule has 0 aliphatic carbocycles. The zero-order chi connectivity index (χ0) is 10.4.